The van der Waals surface area contributed by atoms with E-state index in [1.165, 1.54) is 0 Å². The zero-order chi connectivity index (χ0) is 26.3. The van der Waals surface area contributed by atoms with Crippen LogP contribution in [0.25, 0.3) is 0 Å². The van der Waals surface area contributed by atoms with Crippen LogP contribution in [-0.2, 0) is 16.6 Å². The fourth-order valence-corrected chi connectivity index (χ4v) is 4.32. The molecule has 0 radical (unpaired) electrons. The summed E-state index contributed by atoms with van der Waals surface area (Å²) in [6, 6.07) is -3.20. The van der Waals surface area contributed by atoms with Crippen LogP contribution in [0.1, 0.15) is 48.2 Å². The number of likely N-dealkylation sites (N-methyl/N-ethyl adjacent to an activating group) is 1. The fourth-order valence-electron chi connectivity index (χ4n) is 4.32. The van der Waals surface area contributed by atoms with Gasteiger partial charge in [-0.2, -0.15) is 0 Å². The first-order chi connectivity index (χ1) is 15.7. The first kappa shape index (κ1) is 5.52. The Balaban J connectivity index is 1.93. The maximum atomic E-state index is 13.3. The van der Waals surface area contributed by atoms with Crippen molar-refractivity contribution < 1.29 is 32.1 Å². The van der Waals surface area contributed by atoms with Gasteiger partial charge < -0.3 is 14.4 Å². The van der Waals surface area contributed by atoms with Gasteiger partial charge in [0, 0.05) is 33.0 Å². The number of nitrogens with zero attached hydrogens (tertiary/aromatic N) is 1. The van der Waals surface area contributed by atoms with Gasteiger partial charge in [-0.15, -0.1) is 0 Å². The first-order valence-corrected chi connectivity index (χ1v) is 7.09. The van der Waals surface area contributed by atoms with Crippen molar-refractivity contribution in [3.63, 3.8) is 0 Å². The molecule has 0 N–H and O–H groups in total. The number of rotatable bonds is 1. The number of ether oxygens (including phenoxy) is 2. The van der Waals surface area contributed by atoms with E-state index >= 15 is 0 Å². The number of piperidine rings is 1. The smallest absolute Gasteiger partial charge is 0.174 e. The lowest BCUT2D eigenvalue weighted by Crippen LogP contribution is -2.65. The molecule has 1 spiro atoms. The minimum atomic E-state index is -3.12. The Morgan fingerprint density at radius 2 is 2.59 bits per heavy atom. The van der Waals surface area contributed by atoms with Gasteiger partial charge in [-0.25, -0.2) is 0 Å². The lowest BCUT2D eigenvalue weighted by Gasteiger charge is -2.57. The number of hydrogen-bond acceptors (Lipinski definition) is 4. The topological polar surface area (TPSA) is 38.8 Å². The summed E-state index contributed by atoms with van der Waals surface area (Å²) in [6.45, 7) is -3.10. The van der Waals surface area contributed by atoms with Crippen LogP contribution in [0.2, 0.25) is 0 Å². The summed E-state index contributed by atoms with van der Waals surface area (Å²) in [5.41, 5.74) is -2.41. The highest BCUT2D eigenvalue weighted by molar-refractivity contribution is 5.89. The summed E-state index contributed by atoms with van der Waals surface area (Å²) in [6.07, 6.45) is -8.86. The molecule has 4 aliphatic rings. The first-order valence-electron chi connectivity index (χ1n) is 13.6. The van der Waals surface area contributed by atoms with E-state index in [0.717, 1.165) is 4.90 Å². The molecule has 0 aromatic heterocycles. The van der Waals surface area contributed by atoms with Gasteiger partial charge in [0.15, 0.2) is 23.4 Å². The van der Waals surface area contributed by atoms with Gasteiger partial charge in [-0.3, -0.25) is 4.79 Å². The van der Waals surface area contributed by atoms with E-state index in [2.05, 4.69) is 0 Å². The van der Waals surface area contributed by atoms with E-state index in [4.69, 9.17) is 27.3 Å². The van der Waals surface area contributed by atoms with Crippen molar-refractivity contribution in [1.82, 2.24) is 4.90 Å². The number of methoxy groups -OCH3 is 1. The molecule has 1 aromatic rings. The molecule has 2 bridgehead atoms. The molecule has 2 heterocycles. The average molecular weight is 312 g/mol. The van der Waals surface area contributed by atoms with Gasteiger partial charge in [0.1, 0.15) is 0 Å². The third kappa shape index (κ3) is 1.27. The van der Waals surface area contributed by atoms with Crippen LogP contribution in [0.3, 0.4) is 0 Å². The molecule has 4 heteroatoms. The number of carbonyl (C=O) groups is 1. The Morgan fingerprint density at radius 1 is 1.64 bits per heavy atom. The molecule has 2 aliphatic carbocycles. The van der Waals surface area contributed by atoms with E-state index in [-0.39, 0.29) is 18.5 Å². The second-order valence-corrected chi connectivity index (χ2v) is 6.01. The van der Waals surface area contributed by atoms with Gasteiger partial charge in [0.2, 0.25) is 0 Å². The maximum Gasteiger partial charge on any atom is 0.174 e. The van der Waals surface area contributed by atoms with Gasteiger partial charge in [-0.1, -0.05) is 6.04 Å². The molecule has 1 aromatic carbocycles. The average Bonchev–Trinajstić information content (AvgIpc) is 2.93. The largest absolute Gasteiger partial charge is 0.493 e. The minimum Gasteiger partial charge on any atom is -0.493 e. The summed E-state index contributed by atoms with van der Waals surface area (Å²) in [5, 5.41) is 0. The number of hydrogen-bond donors (Lipinski definition) is 0. The Bertz CT molecular complexity index is 1160. The molecule has 2 fully saturated rings. The van der Waals surface area contributed by atoms with Gasteiger partial charge in [0.25, 0.3) is 0 Å². The van der Waals surface area contributed by atoms with E-state index in [9.17, 15) is 4.79 Å². The van der Waals surface area contributed by atoms with Crippen LogP contribution in [-0.4, -0.2) is 43.4 Å². The van der Waals surface area contributed by atoms with Gasteiger partial charge >= 0.3 is 0 Å². The third-order valence-corrected chi connectivity index (χ3v) is 5.22. The van der Waals surface area contributed by atoms with Crippen molar-refractivity contribution in [2.45, 2.75) is 43.1 Å². The predicted molar refractivity (Wildman–Crippen MR) is 81.6 cm³/mol. The van der Waals surface area contributed by atoms with Crippen molar-refractivity contribution in [1.29, 1.82) is 0 Å². The van der Waals surface area contributed by atoms with Crippen molar-refractivity contribution >= 4 is 5.78 Å². The fraction of sp³-hybridized carbons (Fsp3) is 0.611. The highest BCUT2D eigenvalue weighted by atomic mass is 16.5. The molecular formula is C18H21NO3. The number of ketones is 1. The second kappa shape index (κ2) is 4.05. The molecule has 116 valence electrons. The highest BCUT2D eigenvalue weighted by Crippen LogP contribution is 2.62. The van der Waals surface area contributed by atoms with Crippen LogP contribution in [0.5, 0.6) is 11.5 Å². The molecule has 1 saturated heterocycles. The lowest BCUT2D eigenvalue weighted by molar-refractivity contribution is -0.138. The summed E-state index contributed by atoms with van der Waals surface area (Å²) < 4.78 is 118. The molecule has 1 saturated carbocycles. The Hall–Kier alpha value is -1.55. The lowest BCUT2D eigenvalue weighted by atomic mass is 9.52. The van der Waals surface area contributed by atoms with Crippen LogP contribution in [0, 0.1) is 5.92 Å². The van der Waals surface area contributed by atoms with Crippen molar-refractivity contribution in [2.75, 3.05) is 20.6 Å². The number of carbonyl (C=O) groups excluding carboxylic acids is 1. The molecule has 2 aliphatic heterocycles. The quantitative estimate of drug-likeness (QED) is 0.794. The van der Waals surface area contributed by atoms with Crippen LogP contribution < -0.4 is 9.47 Å². The van der Waals surface area contributed by atoms with E-state index < -0.39 is 91.6 Å². The van der Waals surface area contributed by atoms with Crippen LogP contribution in [0.4, 0.5) is 0 Å². The van der Waals surface area contributed by atoms with Crippen LogP contribution in [0.15, 0.2) is 12.1 Å². The van der Waals surface area contributed by atoms with Crippen molar-refractivity contribution in [3.8, 4) is 11.5 Å². The van der Waals surface area contributed by atoms with E-state index in [1.54, 1.807) is 0 Å². The van der Waals surface area contributed by atoms with Gasteiger partial charge in [-0.05, 0) is 50.3 Å². The highest BCUT2D eigenvalue weighted by Gasteiger charge is 2.65. The number of likely N-dealkylation sites (tertiary alicyclic amines) is 1. The summed E-state index contributed by atoms with van der Waals surface area (Å²) in [5.74, 6) is -3.83. The molecule has 1 unspecified atom stereocenters. The van der Waals surface area contributed by atoms with Crippen molar-refractivity contribution in [3.05, 3.63) is 23.2 Å². The Morgan fingerprint density at radius 3 is 3.45 bits per heavy atom. The number of Topliss-reactive ketones (excluding diaryl/α,β-unsaturated/α-hetero) is 1. The Labute approximate surface area is 148 Å². The normalized spacial score (nSPS) is 56.2. The molecule has 5 rings (SSSR count). The van der Waals surface area contributed by atoms with Crippen LogP contribution >= 0.6 is 0 Å². The summed E-state index contributed by atoms with van der Waals surface area (Å²) >= 11 is 0. The summed E-state index contributed by atoms with van der Waals surface area (Å²) in [4.78, 5) is 14.2. The predicted octanol–water partition coefficient (Wildman–Crippen LogP) is 1.93. The minimum absolute atomic E-state index is 0.173. The van der Waals surface area contributed by atoms with Gasteiger partial charge in [0.05, 0.1) is 15.3 Å². The van der Waals surface area contributed by atoms with E-state index in [0.29, 0.717) is 0 Å². The molecule has 0 amide bonds. The third-order valence-electron chi connectivity index (χ3n) is 5.22. The zero-order valence-electron chi connectivity index (χ0n) is 24.4. The Kier molecular flexibility index (Phi) is 1.01. The molecule has 4 nitrogen and oxygen atoms in total. The standard InChI is InChI=1S/C18H21NO3/c1-19-8-7-18-11-4-5-13(20)17(18)22-16-14(21-2)6-3-10(15(16)18)9-12(11)19/h3,6,11-12,17H,4-5,7-9H2,1-2H3/t11-,12+,17?,18-/m0/s1/i1D3,2D3,3D,5D2,6D,9D2,17D. The monoisotopic (exact) mass is 312 g/mol. The molecule has 4 atom stereocenters. The maximum absolute atomic E-state index is 13.3. The second-order valence-electron chi connectivity index (χ2n) is 6.01. The van der Waals surface area contributed by atoms with Crippen molar-refractivity contribution in [2.24, 2.45) is 5.92 Å². The molecular weight excluding hydrogens is 278 g/mol. The van der Waals surface area contributed by atoms with E-state index in [1.807, 2.05) is 0 Å². The SMILES string of the molecule is [2H]c1c([2H])c2c3c(c1OC([2H])([2H])[2H])OC1([2H])C(=O)C([2H])([2H])C[C@H]4[C@H](N(C([2H])([2H])[2H])CC[C@@]341)C2([2H])[2H]. The molecule has 22 heavy (non-hydrogen) atoms. The summed E-state index contributed by atoms with van der Waals surface area (Å²) in [7, 11) is -3.12. The zero-order valence-corrected chi connectivity index (χ0v) is 11.4. The number of benzene rings is 1.